The fraction of sp³-hybridized carbons (Fsp3) is 1.00. The van der Waals surface area contributed by atoms with Crippen molar-refractivity contribution in [1.82, 2.24) is 0 Å². The third-order valence-electron chi connectivity index (χ3n) is 2.03. The predicted molar refractivity (Wildman–Crippen MR) is 53.0 cm³/mol. The van der Waals surface area contributed by atoms with Gasteiger partial charge in [-0.2, -0.15) is 11.8 Å². The summed E-state index contributed by atoms with van der Waals surface area (Å²) in [6.07, 6.45) is 5.38. The lowest BCUT2D eigenvalue weighted by atomic mass is 9.97. The van der Waals surface area contributed by atoms with Gasteiger partial charge in [0.25, 0.3) is 0 Å². The van der Waals surface area contributed by atoms with Crippen molar-refractivity contribution < 1.29 is 0 Å². The first-order chi connectivity index (χ1) is 5.08. The summed E-state index contributed by atoms with van der Waals surface area (Å²) in [4.78, 5) is 0. The van der Waals surface area contributed by atoms with Crippen LogP contribution in [-0.4, -0.2) is 16.5 Å². The van der Waals surface area contributed by atoms with E-state index in [-0.39, 0.29) is 5.54 Å². The van der Waals surface area contributed by atoms with Gasteiger partial charge in [0.05, 0.1) is 0 Å². The molecule has 1 atom stereocenters. The lowest BCUT2D eigenvalue weighted by Gasteiger charge is -2.28. The predicted octanol–water partition coefficient (Wildman–Crippen LogP) is 2.40. The molecule has 0 bridgehead atoms. The number of hydrogen-bond acceptors (Lipinski definition) is 2. The van der Waals surface area contributed by atoms with Crippen LogP contribution in [0.2, 0.25) is 0 Å². The summed E-state index contributed by atoms with van der Waals surface area (Å²) in [7, 11) is 0. The molecule has 1 rings (SSSR count). The van der Waals surface area contributed by atoms with E-state index in [1.54, 1.807) is 0 Å². The van der Waals surface area contributed by atoms with Crippen LogP contribution in [0.3, 0.4) is 0 Å². The second-order valence-electron chi connectivity index (χ2n) is 4.18. The van der Waals surface area contributed by atoms with Crippen LogP contribution in [0.4, 0.5) is 0 Å². The Morgan fingerprint density at radius 3 is 2.64 bits per heavy atom. The molecule has 1 aliphatic heterocycles. The first kappa shape index (κ1) is 9.40. The van der Waals surface area contributed by atoms with Crippen molar-refractivity contribution in [3.63, 3.8) is 0 Å². The van der Waals surface area contributed by atoms with Crippen molar-refractivity contribution in [2.75, 3.05) is 5.75 Å². The Morgan fingerprint density at radius 2 is 2.18 bits per heavy atom. The Kier molecular flexibility index (Phi) is 3.26. The second kappa shape index (κ2) is 3.81. The Morgan fingerprint density at radius 1 is 1.45 bits per heavy atom. The molecule has 1 heterocycles. The molecule has 0 aromatic heterocycles. The normalized spacial score (nSPS) is 27.0. The van der Waals surface area contributed by atoms with Gasteiger partial charge in [-0.15, -0.1) is 0 Å². The molecule has 1 aliphatic rings. The highest BCUT2D eigenvalue weighted by molar-refractivity contribution is 7.99. The van der Waals surface area contributed by atoms with Crippen molar-refractivity contribution in [2.45, 2.75) is 50.3 Å². The van der Waals surface area contributed by atoms with E-state index >= 15 is 0 Å². The molecule has 1 fully saturated rings. The monoisotopic (exact) mass is 173 g/mol. The standard InChI is InChI=1S/C9H19NS/c1-9(2,10)7-8-5-3-4-6-11-8/h8H,3-7,10H2,1-2H3. The molecular formula is C9H19NS. The molecule has 2 heteroatoms. The molecule has 0 radical (unpaired) electrons. The topological polar surface area (TPSA) is 26.0 Å². The molecule has 0 aromatic carbocycles. The summed E-state index contributed by atoms with van der Waals surface area (Å²) in [5, 5.41) is 0.837. The van der Waals surface area contributed by atoms with Crippen LogP contribution in [0, 0.1) is 0 Å². The van der Waals surface area contributed by atoms with Gasteiger partial charge in [0.15, 0.2) is 0 Å². The molecule has 2 N–H and O–H groups in total. The molecule has 0 aliphatic carbocycles. The lowest BCUT2D eigenvalue weighted by Crippen LogP contribution is -2.35. The number of nitrogens with two attached hydrogens (primary N) is 1. The lowest BCUT2D eigenvalue weighted by molar-refractivity contribution is 0.449. The van der Waals surface area contributed by atoms with Crippen LogP contribution in [-0.2, 0) is 0 Å². The van der Waals surface area contributed by atoms with E-state index in [0.29, 0.717) is 0 Å². The minimum Gasteiger partial charge on any atom is -0.326 e. The number of thioether (sulfide) groups is 1. The summed E-state index contributed by atoms with van der Waals surface area (Å²) < 4.78 is 0. The molecule has 0 aromatic rings. The van der Waals surface area contributed by atoms with Gasteiger partial charge in [-0.1, -0.05) is 6.42 Å². The van der Waals surface area contributed by atoms with Crippen molar-refractivity contribution in [1.29, 1.82) is 0 Å². The van der Waals surface area contributed by atoms with Crippen molar-refractivity contribution in [3.8, 4) is 0 Å². The molecule has 1 nitrogen and oxygen atoms in total. The molecule has 0 saturated carbocycles. The number of rotatable bonds is 2. The van der Waals surface area contributed by atoms with Gasteiger partial charge in [-0.05, 0) is 38.9 Å². The molecule has 66 valence electrons. The average molecular weight is 173 g/mol. The fourth-order valence-electron chi connectivity index (χ4n) is 1.56. The van der Waals surface area contributed by atoms with E-state index < -0.39 is 0 Å². The first-order valence-corrected chi connectivity index (χ1v) is 5.53. The summed E-state index contributed by atoms with van der Waals surface area (Å²) in [6.45, 7) is 4.25. The highest BCUT2D eigenvalue weighted by Crippen LogP contribution is 2.30. The maximum absolute atomic E-state index is 5.95. The third kappa shape index (κ3) is 4.02. The van der Waals surface area contributed by atoms with Crippen molar-refractivity contribution >= 4 is 11.8 Å². The third-order valence-corrected chi connectivity index (χ3v) is 3.43. The van der Waals surface area contributed by atoms with E-state index in [0.717, 1.165) is 5.25 Å². The van der Waals surface area contributed by atoms with E-state index in [4.69, 9.17) is 5.73 Å². The zero-order chi connectivity index (χ0) is 8.32. The van der Waals surface area contributed by atoms with Gasteiger partial charge in [0, 0.05) is 10.8 Å². The maximum Gasteiger partial charge on any atom is 0.0108 e. The minimum absolute atomic E-state index is 0.0367. The summed E-state index contributed by atoms with van der Waals surface area (Å²) in [5.41, 5.74) is 5.99. The molecule has 1 unspecified atom stereocenters. The zero-order valence-electron chi connectivity index (χ0n) is 7.60. The molecule has 0 spiro atoms. The summed E-state index contributed by atoms with van der Waals surface area (Å²) in [5.74, 6) is 1.35. The van der Waals surface area contributed by atoms with Gasteiger partial charge in [-0.25, -0.2) is 0 Å². The maximum atomic E-state index is 5.95. The second-order valence-corrected chi connectivity index (χ2v) is 5.59. The highest BCUT2D eigenvalue weighted by atomic mass is 32.2. The van der Waals surface area contributed by atoms with E-state index in [2.05, 4.69) is 25.6 Å². The van der Waals surface area contributed by atoms with Crippen molar-refractivity contribution in [3.05, 3.63) is 0 Å². The van der Waals surface area contributed by atoms with Crippen molar-refractivity contribution in [2.24, 2.45) is 5.73 Å². The zero-order valence-corrected chi connectivity index (χ0v) is 8.41. The molecular weight excluding hydrogens is 154 g/mol. The smallest absolute Gasteiger partial charge is 0.0108 e. The average Bonchev–Trinajstić information content (AvgIpc) is 1.85. The van der Waals surface area contributed by atoms with Crippen LogP contribution >= 0.6 is 11.8 Å². The molecule has 0 amide bonds. The van der Waals surface area contributed by atoms with Crippen LogP contribution in [0.1, 0.15) is 39.5 Å². The fourth-order valence-corrected chi connectivity index (χ4v) is 3.14. The van der Waals surface area contributed by atoms with E-state index in [1.165, 1.54) is 31.4 Å². The Labute approximate surface area is 74.1 Å². The van der Waals surface area contributed by atoms with Gasteiger partial charge >= 0.3 is 0 Å². The Bertz CT molecular complexity index is 111. The van der Waals surface area contributed by atoms with E-state index in [1.807, 2.05) is 0 Å². The quantitative estimate of drug-likeness (QED) is 0.694. The van der Waals surface area contributed by atoms with Crippen LogP contribution < -0.4 is 5.73 Å². The first-order valence-electron chi connectivity index (χ1n) is 4.48. The Hall–Kier alpha value is 0.310. The number of hydrogen-bond donors (Lipinski definition) is 1. The van der Waals surface area contributed by atoms with Crippen LogP contribution in [0.5, 0.6) is 0 Å². The highest BCUT2D eigenvalue weighted by Gasteiger charge is 2.20. The van der Waals surface area contributed by atoms with E-state index in [9.17, 15) is 0 Å². The summed E-state index contributed by atoms with van der Waals surface area (Å²) in [6, 6.07) is 0. The summed E-state index contributed by atoms with van der Waals surface area (Å²) >= 11 is 2.11. The van der Waals surface area contributed by atoms with Gasteiger partial charge in [-0.3, -0.25) is 0 Å². The van der Waals surface area contributed by atoms with Crippen LogP contribution in [0.15, 0.2) is 0 Å². The Balaban J connectivity index is 2.24. The van der Waals surface area contributed by atoms with Crippen LogP contribution in [0.25, 0.3) is 0 Å². The minimum atomic E-state index is 0.0367. The SMILES string of the molecule is CC(C)(N)CC1CCCCS1. The molecule has 11 heavy (non-hydrogen) atoms. The molecule has 1 saturated heterocycles. The van der Waals surface area contributed by atoms with Gasteiger partial charge in [0.2, 0.25) is 0 Å². The van der Waals surface area contributed by atoms with Gasteiger partial charge < -0.3 is 5.73 Å². The largest absolute Gasteiger partial charge is 0.326 e. The van der Waals surface area contributed by atoms with Gasteiger partial charge in [0.1, 0.15) is 0 Å².